The van der Waals surface area contributed by atoms with E-state index in [1.807, 2.05) is 36.4 Å². The molecule has 4 nitrogen and oxygen atoms in total. The number of hydrogen-bond donors (Lipinski definition) is 3. The maximum atomic E-state index is 13.6. The molecule has 3 aromatic carbocycles. The van der Waals surface area contributed by atoms with E-state index < -0.39 is 0 Å². The number of anilines is 2. The van der Waals surface area contributed by atoms with Gasteiger partial charge in [0.25, 0.3) is 5.91 Å². The number of hydrogen-bond acceptors (Lipinski definition) is 3. The van der Waals surface area contributed by atoms with Crippen LogP contribution in [0.4, 0.5) is 15.8 Å². The van der Waals surface area contributed by atoms with Crippen LogP contribution in [0.25, 0.3) is 0 Å². The molecule has 1 amide bonds. The summed E-state index contributed by atoms with van der Waals surface area (Å²) in [4.78, 5) is 12.4. The van der Waals surface area contributed by atoms with Crippen molar-refractivity contribution in [1.29, 1.82) is 0 Å². The van der Waals surface area contributed by atoms with Crippen molar-refractivity contribution in [2.75, 3.05) is 17.2 Å². The molecule has 29 heavy (non-hydrogen) atoms. The Morgan fingerprint density at radius 3 is 2.21 bits per heavy atom. The summed E-state index contributed by atoms with van der Waals surface area (Å²) < 4.78 is 13.6. The van der Waals surface area contributed by atoms with Gasteiger partial charge < -0.3 is 16.0 Å². The van der Waals surface area contributed by atoms with Gasteiger partial charge in [0.1, 0.15) is 11.5 Å². The third kappa shape index (κ3) is 4.40. The topological polar surface area (TPSA) is 53.2 Å². The molecule has 0 unspecified atom stereocenters. The Bertz CT molecular complexity index is 992. The summed E-state index contributed by atoms with van der Waals surface area (Å²) in [7, 11) is 0. The van der Waals surface area contributed by atoms with E-state index in [9.17, 15) is 9.18 Å². The number of nitrogens with one attached hydrogen (secondary N) is 3. The molecule has 0 atom stereocenters. The number of para-hydroxylation sites is 2. The number of halogens is 1. The fourth-order valence-electron chi connectivity index (χ4n) is 3.71. The Hall–Kier alpha value is -3.34. The number of fused-ring (bicyclic) bond motifs is 1. The summed E-state index contributed by atoms with van der Waals surface area (Å²) in [6, 6.07) is 22.4. The Morgan fingerprint density at radius 1 is 0.931 bits per heavy atom. The first-order valence-electron chi connectivity index (χ1n) is 9.78. The molecule has 1 aliphatic heterocycles. The van der Waals surface area contributed by atoms with Crippen LogP contribution in [0.5, 0.6) is 0 Å². The molecule has 0 aliphatic carbocycles. The molecule has 148 valence electrons. The number of rotatable bonds is 6. The standard InChI is InChI=1S/C24H24FN3O/c1-24(27-21-8-4-5-9-22(21)28-24)16-17-10-12-19(13-11-17)23(29)26-15-14-18-6-2-3-7-20(18)25/h2-13,27-28H,14-16H2,1H3,(H,26,29). The van der Waals surface area contributed by atoms with E-state index in [0.717, 1.165) is 23.4 Å². The molecule has 0 aromatic heterocycles. The first-order valence-corrected chi connectivity index (χ1v) is 9.78. The summed E-state index contributed by atoms with van der Waals surface area (Å²) in [5.41, 5.74) is 4.26. The van der Waals surface area contributed by atoms with Crippen LogP contribution in [0.1, 0.15) is 28.4 Å². The zero-order valence-electron chi connectivity index (χ0n) is 16.3. The quantitative estimate of drug-likeness (QED) is 0.578. The van der Waals surface area contributed by atoms with Crippen molar-refractivity contribution in [3.05, 3.63) is 95.3 Å². The predicted octanol–water partition coefficient (Wildman–Crippen LogP) is 4.59. The average Bonchev–Trinajstić information content (AvgIpc) is 3.05. The van der Waals surface area contributed by atoms with Gasteiger partial charge in [-0.2, -0.15) is 0 Å². The van der Waals surface area contributed by atoms with E-state index in [1.165, 1.54) is 6.07 Å². The highest BCUT2D eigenvalue weighted by atomic mass is 19.1. The van der Waals surface area contributed by atoms with Gasteiger partial charge in [-0.3, -0.25) is 4.79 Å². The third-order valence-electron chi connectivity index (χ3n) is 5.16. The summed E-state index contributed by atoms with van der Waals surface area (Å²) >= 11 is 0. The highest BCUT2D eigenvalue weighted by molar-refractivity contribution is 5.94. The Labute approximate surface area is 170 Å². The van der Waals surface area contributed by atoms with Gasteiger partial charge in [0.2, 0.25) is 0 Å². The first kappa shape index (κ1) is 19.0. The molecule has 0 radical (unpaired) electrons. The van der Waals surface area contributed by atoms with Gasteiger partial charge in [-0.1, -0.05) is 42.5 Å². The monoisotopic (exact) mass is 389 g/mol. The smallest absolute Gasteiger partial charge is 0.251 e. The SMILES string of the molecule is CC1(Cc2ccc(C(=O)NCCc3ccccc3F)cc2)Nc2ccccc2N1. The fraction of sp³-hybridized carbons (Fsp3) is 0.208. The number of amides is 1. The minimum Gasteiger partial charge on any atom is -0.361 e. The maximum absolute atomic E-state index is 13.6. The van der Waals surface area contributed by atoms with Crippen LogP contribution in [0.3, 0.4) is 0 Å². The largest absolute Gasteiger partial charge is 0.361 e. The molecule has 5 heteroatoms. The van der Waals surface area contributed by atoms with Crippen LogP contribution in [-0.4, -0.2) is 18.1 Å². The zero-order chi connectivity index (χ0) is 20.3. The van der Waals surface area contributed by atoms with E-state index in [0.29, 0.717) is 24.1 Å². The Balaban J connectivity index is 1.32. The molecule has 0 bridgehead atoms. The molecular weight excluding hydrogens is 365 g/mol. The minimum absolute atomic E-state index is 0.149. The maximum Gasteiger partial charge on any atom is 0.251 e. The summed E-state index contributed by atoms with van der Waals surface area (Å²) in [5, 5.41) is 9.90. The summed E-state index contributed by atoms with van der Waals surface area (Å²) in [6.45, 7) is 2.52. The van der Waals surface area contributed by atoms with Gasteiger partial charge >= 0.3 is 0 Å². The lowest BCUT2D eigenvalue weighted by molar-refractivity contribution is 0.0954. The van der Waals surface area contributed by atoms with Gasteiger partial charge in [-0.25, -0.2) is 4.39 Å². The molecule has 3 aromatic rings. The van der Waals surface area contributed by atoms with Crippen LogP contribution < -0.4 is 16.0 Å². The number of benzene rings is 3. The fourth-order valence-corrected chi connectivity index (χ4v) is 3.71. The van der Waals surface area contributed by atoms with Crippen molar-refractivity contribution in [3.8, 4) is 0 Å². The molecule has 1 heterocycles. The zero-order valence-corrected chi connectivity index (χ0v) is 16.3. The number of carbonyl (C=O) groups is 1. The second-order valence-electron chi connectivity index (χ2n) is 7.60. The van der Waals surface area contributed by atoms with Crippen LogP contribution in [0.2, 0.25) is 0 Å². The van der Waals surface area contributed by atoms with Crippen molar-refractivity contribution in [2.24, 2.45) is 0 Å². The summed E-state index contributed by atoms with van der Waals surface area (Å²) in [6.07, 6.45) is 1.24. The van der Waals surface area contributed by atoms with Gasteiger partial charge in [0.15, 0.2) is 0 Å². The van der Waals surface area contributed by atoms with E-state index in [2.05, 4.69) is 35.0 Å². The first-order chi connectivity index (χ1) is 14.0. The van der Waals surface area contributed by atoms with Crippen LogP contribution in [0.15, 0.2) is 72.8 Å². The van der Waals surface area contributed by atoms with Gasteiger partial charge in [-0.15, -0.1) is 0 Å². The average molecular weight is 389 g/mol. The van der Waals surface area contributed by atoms with Gasteiger partial charge in [0, 0.05) is 18.5 Å². The Kier molecular flexibility index (Phi) is 5.21. The van der Waals surface area contributed by atoms with Crippen molar-refractivity contribution < 1.29 is 9.18 Å². The van der Waals surface area contributed by atoms with Gasteiger partial charge in [0.05, 0.1) is 11.4 Å². The van der Waals surface area contributed by atoms with E-state index in [-0.39, 0.29) is 17.4 Å². The number of carbonyl (C=O) groups excluding carboxylic acids is 1. The van der Waals surface area contributed by atoms with Crippen molar-refractivity contribution in [1.82, 2.24) is 5.32 Å². The molecule has 0 spiro atoms. The normalized spacial score (nSPS) is 13.9. The lowest BCUT2D eigenvalue weighted by Crippen LogP contribution is -2.40. The molecule has 4 rings (SSSR count). The van der Waals surface area contributed by atoms with E-state index in [4.69, 9.17) is 0 Å². The van der Waals surface area contributed by atoms with Crippen LogP contribution in [-0.2, 0) is 12.8 Å². The lowest BCUT2D eigenvalue weighted by atomic mass is 10.0. The molecule has 0 fully saturated rings. The molecule has 3 N–H and O–H groups in total. The minimum atomic E-state index is -0.271. The van der Waals surface area contributed by atoms with E-state index >= 15 is 0 Å². The third-order valence-corrected chi connectivity index (χ3v) is 5.16. The van der Waals surface area contributed by atoms with Gasteiger partial charge in [-0.05, 0) is 54.8 Å². The van der Waals surface area contributed by atoms with Crippen molar-refractivity contribution >= 4 is 17.3 Å². The van der Waals surface area contributed by atoms with E-state index in [1.54, 1.807) is 18.2 Å². The second-order valence-corrected chi connectivity index (χ2v) is 7.60. The highest BCUT2D eigenvalue weighted by Gasteiger charge is 2.31. The molecule has 0 saturated heterocycles. The van der Waals surface area contributed by atoms with Crippen molar-refractivity contribution in [2.45, 2.75) is 25.4 Å². The predicted molar refractivity (Wildman–Crippen MR) is 115 cm³/mol. The molecule has 0 saturated carbocycles. The van der Waals surface area contributed by atoms with Crippen LogP contribution in [0, 0.1) is 5.82 Å². The Morgan fingerprint density at radius 2 is 1.55 bits per heavy atom. The molecule has 1 aliphatic rings. The molecular formula is C24H24FN3O. The van der Waals surface area contributed by atoms with Crippen molar-refractivity contribution in [3.63, 3.8) is 0 Å². The van der Waals surface area contributed by atoms with Crippen LogP contribution >= 0.6 is 0 Å². The summed E-state index contributed by atoms with van der Waals surface area (Å²) in [5.74, 6) is -0.389. The lowest BCUT2D eigenvalue weighted by Gasteiger charge is -2.26. The second kappa shape index (κ2) is 7.95. The highest BCUT2D eigenvalue weighted by Crippen LogP contribution is 2.34.